The van der Waals surface area contributed by atoms with Gasteiger partial charge in [0.15, 0.2) is 0 Å². The van der Waals surface area contributed by atoms with Crippen LogP contribution < -0.4 is 0 Å². The van der Waals surface area contributed by atoms with E-state index in [1.54, 1.807) is 6.92 Å². The van der Waals surface area contributed by atoms with Crippen LogP contribution in [0.15, 0.2) is 11.6 Å². The second kappa shape index (κ2) is 4.17. The molecule has 4 heteroatoms. The van der Waals surface area contributed by atoms with Gasteiger partial charge in [-0.3, -0.25) is 9.59 Å². The zero-order chi connectivity index (χ0) is 12.6. The van der Waals surface area contributed by atoms with E-state index in [4.69, 9.17) is 0 Å². The molecule has 2 N–H and O–H groups in total. The molecule has 0 aromatic heterocycles. The molecule has 2 aliphatic rings. The van der Waals surface area contributed by atoms with E-state index in [9.17, 15) is 19.8 Å². The van der Waals surface area contributed by atoms with Crippen molar-refractivity contribution < 1.29 is 19.8 Å². The third kappa shape index (κ3) is 1.75. The van der Waals surface area contributed by atoms with Crippen LogP contribution in [0, 0.1) is 17.3 Å². The van der Waals surface area contributed by atoms with Gasteiger partial charge in [-0.25, -0.2) is 0 Å². The number of allylic oxidation sites excluding steroid dienone is 2. The van der Waals surface area contributed by atoms with Gasteiger partial charge in [-0.1, -0.05) is 18.1 Å². The minimum atomic E-state index is -1.14. The van der Waals surface area contributed by atoms with Crippen LogP contribution in [0.1, 0.15) is 39.0 Å². The van der Waals surface area contributed by atoms with Gasteiger partial charge in [-0.05, 0) is 38.5 Å². The highest BCUT2D eigenvalue weighted by Gasteiger charge is 2.53. The first-order valence-electron chi connectivity index (χ1n) is 6.13. The molecule has 0 radical (unpaired) electrons. The van der Waals surface area contributed by atoms with Gasteiger partial charge in [0.25, 0.3) is 0 Å². The fraction of sp³-hybridized carbons (Fsp3) is 0.692. The van der Waals surface area contributed by atoms with E-state index < -0.39 is 23.3 Å². The number of fused-ring (bicyclic) bond motifs is 1. The van der Waals surface area contributed by atoms with Gasteiger partial charge in [0.05, 0.1) is 11.3 Å². The molecule has 1 fully saturated rings. The lowest BCUT2D eigenvalue weighted by molar-refractivity contribution is -0.166. The molecule has 2 aliphatic carbocycles. The van der Waals surface area contributed by atoms with Gasteiger partial charge in [-0.2, -0.15) is 0 Å². The largest absolute Gasteiger partial charge is 0.481 e. The van der Waals surface area contributed by atoms with Crippen molar-refractivity contribution in [2.24, 2.45) is 17.3 Å². The molecule has 0 amide bonds. The van der Waals surface area contributed by atoms with E-state index in [1.165, 1.54) is 5.57 Å². The molecule has 17 heavy (non-hydrogen) atoms. The first kappa shape index (κ1) is 12.1. The van der Waals surface area contributed by atoms with E-state index in [0.717, 1.165) is 25.7 Å². The Kier molecular flexibility index (Phi) is 2.98. The van der Waals surface area contributed by atoms with E-state index in [-0.39, 0.29) is 5.92 Å². The molecular weight excluding hydrogens is 220 g/mol. The molecular formula is C13H18O4. The molecule has 0 heterocycles. The third-order valence-electron chi connectivity index (χ3n) is 4.48. The molecule has 2 rings (SSSR count). The monoisotopic (exact) mass is 238 g/mol. The van der Waals surface area contributed by atoms with Gasteiger partial charge < -0.3 is 10.2 Å². The highest BCUT2D eigenvalue weighted by atomic mass is 16.4. The Morgan fingerprint density at radius 1 is 1.35 bits per heavy atom. The van der Waals surface area contributed by atoms with Gasteiger partial charge in [-0.15, -0.1) is 0 Å². The highest BCUT2D eigenvalue weighted by molar-refractivity contribution is 5.84. The van der Waals surface area contributed by atoms with Crippen molar-refractivity contribution in [3.63, 3.8) is 0 Å². The summed E-state index contributed by atoms with van der Waals surface area (Å²) >= 11 is 0. The summed E-state index contributed by atoms with van der Waals surface area (Å²) < 4.78 is 0. The van der Waals surface area contributed by atoms with Crippen LogP contribution in [0.5, 0.6) is 0 Å². The number of carboxylic acids is 2. The van der Waals surface area contributed by atoms with Crippen LogP contribution in [-0.4, -0.2) is 22.2 Å². The molecule has 4 nitrogen and oxygen atoms in total. The highest BCUT2D eigenvalue weighted by Crippen LogP contribution is 2.51. The van der Waals surface area contributed by atoms with Crippen molar-refractivity contribution in [2.45, 2.75) is 39.0 Å². The van der Waals surface area contributed by atoms with Crippen LogP contribution in [0.4, 0.5) is 0 Å². The molecule has 3 atom stereocenters. The summed E-state index contributed by atoms with van der Waals surface area (Å²) in [5.41, 5.74) is 0.0229. The molecule has 0 bridgehead atoms. The normalized spacial score (nSPS) is 36.9. The molecule has 1 saturated carbocycles. The zero-order valence-corrected chi connectivity index (χ0v) is 9.98. The molecule has 94 valence electrons. The molecule has 0 aromatic rings. The summed E-state index contributed by atoms with van der Waals surface area (Å²) in [4.78, 5) is 22.8. The standard InChI is InChI=1S/C13H18O4/c1-13(12(16)17)9-5-3-2-4-8(9)6-7-10(13)11(14)15/h6,9-10H,2-5,7H2,1H3,(H,14,15)(H,16,17)/t9?,10-,13+/m1/s1. The maximum absolute atomic E-state index is 11.6. The summed E-state index contributed by atoms with van der Waals surface area (Å²) in [7, 11) is 0. The minimum absolute atomic E-state index is 0.0939. The van der Waals surface area contributed by atoms with Gasteiger partial charge >= 0.3 is 11.9 Å². The maximum Gasteiger partial charge on any atom is 0.310 e. The Bertz CT molecular complexity index is 385. The smallest absolute Gasteiger partial charge is 0.310 e. The zero-order valence-electron chi connectivity index (χ0n) is 9.98. The Balaban J connectivity index is 2.43. The molecule has 0 aromatic carbocycles. The Morgan fingerprint density at radius 2 is 2.06 bits per heavy atom. The van der Waals surface area contributed by atoms with Crippen LogP contribution in [0.3, 0.4) is 0 Å². The number of aliphatic carboxylic acids is 2. The lowest BCUT2D eigenvalue weighted by atomic mass is 9.57. The Morgan fingerprint density at radius 3 is 2.65 bits per heavy atom. The minimum Gasteiger partial charge on any atom is -0.481 e. The number of hydrogen-bond acceptors (Lipinski definition) is 2. The fourth-order valence-electron chi connectivity index (χ4n) is 3.38. The maximum atomic E-state index is 11.6. The van der Waals surface area contributed by atoms with Crippen LogP contribution in [-0.2, 0) is 9.59 Å². The van der Waals surface area contributed by atoms with E-state index >= 15 is 0 Å². The van der Waals surface area contributed by atoms with Crippen LogP contribution in [0.2, 0.25) is 0 Å². The van der Waals surface area contributed by atoms with Gasteiger partial charge in [0.1, 0.15) is 0 Å². The topological polar surface area (TPSA) is 74.6 Å². The number of hydrogen-bond donors (Lipinski definition) is 2. The third-order valence-corrected chi connectivity index (χ3v) is 4.48. The number of carboxylic acid groups (broad SMARTS) is 2. The van der Waals surface area contributed by atoms with Crippen molar-refractivity contribution in [2.75, 3.05) is 0 Å². The van der Waals surface area contributed by atoms with Crippen LogP contribution in [0.25, 0.3) is 0 Å². The summed E-state index contributed by atoms with van der Waals surface area (Å²) in [5, 5.41) is 18.7. The first-order chi connectivity index (χ1) is 7.98. The second-order valence-corrected chi connectivity index (χ2v) is 5.29. The first-order valence-corrected chi connectivity index (χ1v) is 6.13. The summed E-state index contributed by atoms with van der Waals surface area (Å²) in [6.07, 6.45) is 6.14. The van der Waals surface area contributed by atoms with Crippen molar-refractivity contribution >= 4 is 11.9 Å². The molecule has 0 aliphatic heterocycles. The quantitative estimate of drug-likeness (QED) is 0.724. The SMILES string of the molecule is C[C@]1(C(=O)O)C2CCCCC2=CC[C@@H]1C(=O)O. The van der Waals surface area contributed by atoms with Crippen LogP contribution >= 0.6 is 0 Å². The second-order valence-electron chi connectivity index (χ2n) is 5.29. The summed E-state index contributed by atoms with van der Waals surface area (Å²) in [6, 6.07) is 0. The lowest BCUT2D eigenvalue weighted by Gasteiger charge is -2.44. The lowest BCUT2D eigenvalue weighted by Crippen LogP contribution is -2.49. The predicted octanol–water partition coefficient (Wildman–Crippen LogP) is 2.30. The van der Waals surface area contributed by atoms with E-state index in [1.807, 2.05) is 6.08 Å². The van der Waals surface area contributed by atoms with E-state index in [0.29, 0.717) is 6.42 Å². The van der Waals surface area contributed by atoms with Crippen molar-refractivity contribution in [3.8, 4) is 0 Å². The van der Waals surface area contributed by atoms with Crippen molar-refractivity contribution in [3.05, 3.63) is 11.6 Å². The average molecular weight is 238 g/mol. The number of rotatable bonds is 2. The van der Waals surface area contributed by atoms with Crippen molar-refractivity contribution in [1.29, 1.82) is 0 Å². The summed E-state index contributed by atoms with van der Waals surface area (Å²) in [5.74, 6) is -2.85. The average Bonchev–Trinajstić information content (AvgIpc) is 2.29. The van der Waals surface area contributed by atoms with Gasteiger partial charge in [0.2, 0.25) is 0 Å². The molecule has 1 unspecified atom stereocenters. The Labute approximate surface area is 100 Å². The fourth-order valence-corrected chi connectivity index (χ4v) is 3.38. The Hall–Kier alpha value is -1.32. The number of carbonyl (C=O) groups is 2. The predicted molar refractivity (Wildman–Crippen MR) is 61.5 cm³/mol. The van der Waals surface area contributed by atoms with Gasteiger partial charge in [0, 0.05) is 0 Å². The van der Waals surface area contributed by atoms with E-state index in [2.05, 4.69) is 0 Å². The van der Waals surface area contributed by atoms with Crippen molar-refractivity contribution in [1.82, 2.24) is 0 Å². The molecule has 0 spiro atoms. The molecule has 0 saturated heterocycles. The summed E-state index contributed by atoms with van der Waals surface area (Å²) in [6.45, 7) is 1.61.